The van der Waals surface area contributed by atoms with Gasteiger partial charge in [0.05, 0.1) is 11.6 Å². The number of fused-ring (bicyclic) bond motifs is 1. The van der Waals surface area contributed by atoms with Crippen molar-refractivity contribution in [3.63, 3.8) is 0 Å². The molecule has 0 spiro atoms. The topological polar surface area (TPSA) is 46.0 Å². The fourth-order valence-electron chi connectivity index (χ4n) is 2.72. The number of aliphatic hydroxyl groups is 1. The van der Waals surface area contributed by atoms with Crippen LogP contribution in [0, 0.1) is 0 Å². The summed E-state index contributed by atoms with van der Waals surface area (Å²) in [7, 11) is 0. The summed E-state index contributed by atoms with van der Waals surface area (Å²) in [4.78, 5) is 9.18. The van der Waals surface area contributed by atoms with E-state index in [0.717, 1.165) is 48.8 Å². The van der Waals surface area contributed by atoms with Gasteiger partial charge in [0, 0.05) is 17.5 Å². The van der Waals surface area contributed by atoms with Gasteiger partial charge in [0.15, 0.2) is 0 Å². The van der Waals surface area contributed by atoms with Crippen LogP contribution in [0.1, 0.15) is 43.8 Å². The lowest BCUT2D eigenvalue weighted by molar-refractivity contribution is 0.157. The maximum Gasteiger partial charge on any atom is 0.132 e. The minimum Gasteiger partial charge on any atom is -0.393 e. The van der Waals surface area contributed by atoms with E-state index in [1.165, 1.54) is 0 Å². The predicted octanol–water partition coefficient (Wildman–Crippen LogP) is 3.04. The Balaban J connectivity index is 1.89. The summed E-state index contributed by atoms with van der Waals surface area (Å²) in [6, 6.07) is 8.09. The van der Waals surface area contributed by atoms with Crippen LogP contribution in [0.15, 0.2) is 30.5 Å². The lowest BCUT2D eigenvalue weighted by atomic mass is 9.99. The first-order chi connectivity index (χ1) is 8.83. The first-order valence-electron chi connectivity index (χ1n) is 6.72. The summed E-state index contributed by atoms with van der Waals surface area (Å²) in [6.45, 7) is 0. The molecule has 0 bridgehead atoms. The number of para-hydroxylation sites is 1. The molecule has 3 rings (SSSR count). The number of hydrogen-bond acceptors (Lipinski definition) is 3. The summed E-state index contributed by atoms with van der Waals surface area (Å²) < 4.78 is 0. The highest BCUT2D eigenvalue weighted by atomic mass is 16.3. The molecule has 0 amide bonds. The van der Waals surface area contributed by atoms with Gasteiger partial charge in [-0.15, -0.1) is 0 Å². The number of rotatable bonds is 1. The smallest absolute Gasteiger partial charge is 0.132 e. The van der Waals surface area contributed by atoms with Crippen molar-refractivity contribution >= 4 is 10.9 Å². The predicted molar refractivity (Wildman–Crippen MR) is 71.4 cm³/mol. The number of aliphatic hydroxyl groups excluding tert-OH is 1. The Morgan fingerprint density at radius 2 is 1.94 bits per heavy atom. The molecule has 1 aromatic heterocycles. The van der Waals surface area contributed by atoms with Crippen LogP contribution in [-0.4, -0.2) is 21.2 Å². The van der Waals surface area contributed by atoms with Crippen molar-refractivity contribution in [1.29, 1.82) is 0 Å². The molecule has 0 radical (unpaired) electrons. The van der Waals surface area contributed by atoms with Crippen molar-refractivity contribution in [3.05, 3.63) is 36.3 Å². The zero-order chi connectivity index (χ0) is 12.4. The second-order valence-electron chi connectivity index (χ2n) is 5.15. The summed E-state index contributed by atoms with van der Waals surface area (Å²) in [6.07, 6.45) is 6.75. The zero-order valence-corrected chi connectivity index (χ0v) is 10.4. The maximum atomic E-state index is 9.68. The van der Waals surface area contributed by atoms with Gasteiger partial charge >= 0.3 is 0 Å². The van der Waals surface area contributed by atoms with E-state index in [0.29, 0.717) is 5.92 Å². The molecule has 1 aromatic carbocycles. The fourth-order valence-corrected chi connectivity index (χ4v) is 2.72. The Kier molecular flexibility index (Phi) is 3.24. The van der Waals surface area contributed by atoms with Crippen LogP contribution in [0.4, 0.5) is 0 Å². The van der Waals surface area contributed by atoms with Crippen LogP contribution in [0.25, 0.3) is 10.9 Å². The molecule has 1 fully saturated rings. The van der Waals surface area contributed by atoms with E-state index in [-0.39, 0.29) is 6.10 Å². The van der Waals surface area contributed by atoms with Crippen LogP contribution in [-0.2, 0) is 0 Å². The molecule has 0 saturated heterocycles. The first kappa shape index (κ1) is 11.6. The van der Waals surface area contributed by atoms with Gasteiger partial charge in [-0.05, 0) is 31.7 Å². The van der Waals surface area contributed by atoms with Crippen molar-refractivity contribution < 1.29 is 5.11 Å². The largest absolute Gasteiger partial charge is 0.393 e. The number of nitrogens with zero attached hydrogens (tertiary/aromatic N) is 2. The molecule has 3 nitrogen and oxygen atoms in total. The molecular weight excluding hydrogens is 224 g/mol. The van der Waals surface area contributed by atoms with E-state index >= 15 is 0 Å². The Morgan fingerprint density at radius 1 is 1.06 bits per heavy atom. The molecule has 1 aliphatic rings. The third-order valence-corrected chi connectivity index (χ3v) is 3.81. The molecule has 94 valence electrons. The molecule has 0 aliphatic heterocycles. The summed E-state index contributed by atoms with van der Waals surface area (Å²) in [5.74, 6) is 1.36. The molecule has 1 aliphatic carbocycles. The van der Waals surface area contributed by atoms with Crippen LogP contribution in [0.3, 0.4) is 0 Å². The minimum atomic E-state index is -0.129. The SMILES string of the molecule is OC1CCCC(c2ncc3ccccc3n2)CC1. The second kappa shape index (κ2) is 5.02. The van der Waals surface area contributed by atoms with Gasteiger partial charge in [-0.25, -0.2) is 9.97 Å². The van der Waals surface area contributed by atoms with Gasteiger partial charge < -0.3 is 5.11 Å². The number of hydrogen-bond donors (Lipinski definition) is 1. The van der Waals surface area contributed by atoms with E-state index in [9.17, 15) is 5.11 Å². The minimum absolute atomic E-state index is 0.129. The van der Waals surface area contributed by atoms with Gasteiger partial charge in [-0.2, -0.15) is 0 Å². The van der Waals surface area contributed by atoms with E-state index in [4.69, 9.17) is 0 Å². The molecule has 1 N–H and O–H groups in total. The van der Waals surface area contributed by atoms with Gasteiger partial charge in [-0.3, -0.25) is 0 Å². The van der Waals surface area contributed by atoms with E-state index in [1.54, 1.807) is 0 Å². The van der Waals surface area contributed by atoms with Crippen LogP contribution in [0.5, 0.6) is 0 Å². The zero-order valence-electron chi connectivity index (χ0n) is 10.4. The van der Waals surface area contributed by atoms with Crippen molar-refractivity contribution in [2.45, 2.75) is 44.1 Å². The van der Waals surface area contributed by atoms with Gasteiger partial charge in [0.25, 0.3) is 0 Å². The third-order valence-electron chi connectivity index (χ3n) is 3.81. The van der Waals surface area contributed by atoms with Crippen molar-refractivity contribution in [1.82, 2.24) is 9.97 Å². The maximum absolute atomic E-state index is 9.68. The first-order valence-corrected chi connectivity index (χ1v) is 6.72. The van der Waals surface area contributed by atoms with Crippen molar-refractivity contribution in [2.75, 3.05) is 0 Å². The summed E-state index contributed by atoms with van der Waals surface area (Å²) >= 11 is 0. The van der Waals surface area contributed by atoms with Crippen LogP contribution >= 0.6 is 0 Å². The average Bonchev–Trinajstić information content (AvgIpc) is 2.63. The number of aromatic nitrogens is 2. The Labute approximate surface area is 107 Å². The van der Waals surface area contributed by atoms with Crippen LogP contribution in [0.2, 0.25) is 0 Å². The molecule has 2 unspecified atom stereocenters. The highest BCUT2D eigenvalue weighted by Crippen LogP contribution is 2.30. The van der Waals surface area contributed by atoms with Gasteiger partial charge in [0.2, 0.25) is 0 Å². The third kappa shape index (κ3) is 2.36. The highest BCUT2D eigenvalue weighted by Gasteiger charge is 2.20. The second-order valence-corrected chi connectivity index (χ2v) is 5.15. The fraction of sp³-hybridized carbons (Fsp3) is 0.467. The van der Waals surface area contributed by atoms with Crippen molar-refractivity contribution in [3.8, 4) is 0 Å². The lowest BCUT2D eigenvalue weighted by Gasteiger charge is -2.12. The Hall–Kier alpha value is -1.48. The Bertz CT molecular complexity index is 541. The monoisotopic (exact) mass is 242 g/mol. The van der Waals surface area contributed by atoms with Gasteiger partial charge in [0.1, 0.15) is 5.82 Å². The lowest BCUT2D eigenvalue weighted by Crippen LogP contribution is -2.05. The molecule has 18 heavy (non-hydrogen) atoms. The number of benzene rings is 1. The van der Waals surface area contributed by atoms with Crippen molar-refractivity contribution in [2.24, 2.45) is 0 Å². The Morgan fingerprint density at radius 3 is 2.89 bits per heavy atom. The summed E-state index contributed by atoms with van der Waals surface area (Å²) in [5.41, 5.74) is 1.02. The molecule has 3 heteroatoms. The quantitative estimate of drug-likeness (QED) is 0.782. The normalized spacial score (nSPS) is 24.9. The standard InChI is InChI=1S/C15H18N2O/c18-13-6-3-5-11(8-9-13)15-16-10-12-4-1-2-7-14(12)17-15/h1-2,4,7,10-11,13,18H,3,5-6,8-9H2. The summed E-state index contributed by atoms with van der Waals surface area (Å²) in [5, 5.41) is 10.8. The average molecular weight is 242 g/mol. The highest BCUT2D eigenvalue weighted by molar-refractivity contribution is 5.77. The molecule has 1 heterocycles. The van der Waals surface area contributed by atoms with E-state index < -0.39 is 0 Å². The molecule has 1 saturated carbocycles. The van der Waals surface area contributed by atoms with E-state index in [2.05, 4.69) is 9.97 Å². The van der Waals surface area contributed by atoms with E-state index in [1.807, 2.05) is 30.5 Å². The van der Waals surface area contributed by atoms with Gasteiger partial charge in [-0.1, -0.05) is 24.6 Å². The molecular formula is C15H18N2O. The molecule has 2 atom stereocenters. The van der Waals surface area contributed by atoms with Crippen LogP contribution < -0.4 is 0 Å². The molecule has 2 aromatic rings.